The van der Waals surface area contributed by atoms with E-state index in [-0.39, 0.29) is 5.56 Å². The molecule has 3 heterocycles. The molecule has 3 aromatic rings. The van der Waals surface area contributed by atoms with Crippen molar-refractivity contribution in [1.29, 1.82) is 5.26 Å². The van der Waals surface area contributed by atoms with Crippen molar-refractivity contribution >= 4 is 17.0 Å². The maximum absolute atomic E-state index is 13.2. The van der Waals surface area contributed by atoms with Crippen LogP contribution in [0.3, 0.4) is 0 Å². The van der Waals surface area contributed by atoms with Gasteiger partial charge >= 0.3 is 0 Å². The first-order valence-electron chi connectivity index (χ1n) is 7.81. The molecular weight excluding hydrogens is 300 g/mol. The Balaban J connectivity index is 2.20. The number of nitrogens with one attached hydrogen (secondary N) is 2. The molecule has 0 saturated carbocycles. The van der Waals surface area contributed by atoms with E-state index in [0.717, 1.165) is 22.6 Å². The second kappa shape index (κ2) is 5.14. The lowest BCUT2D eigenvalue weighted by Gasteiger charge is -2.13. The van der Waals surface area contributed by atoms with Gasteiger partial charge in [0.1, 0.15) is 17.5 Å². The lowest BCUT2D eigenvalue weighted by molar-refractivity contribution is 1.08. The van der Waals surface area contributed by atoms with Crippen LogP contribution in [0.25, 0.3) is 22.3 Å². The molecule has 0 bridgehead atoms. The second-order valence-electron chi connectivity index (χ2n) is 5.96. The topological polar surface area (TPSA) is 73.1 Å². The number of hydrogen-bond acceptors (Lipinski definition) is 3. The van der Waals surface area contributed by atoms with Crippen molar-refractivity contribution in [1.82, 2.24) is 9.38 Å². The average Bonchev–Trinajstić information content (AvgIpc) is 2.97. The molecule has 1 aromatic carbocycles. The van der Waals surface area contributed by atoms with Crippen molar-refractivity contribution in [2.24, 2.45) is 0 Å². The Bertz CT molecular complexity index is 1090. The number of nitrogens with zero attached hydrogens (tertiary/aromatic N) is 2. The predicted molar refractivity (Wildman–Crippen MR) is 95.0 cm³/mol. The molecule has 4 rings (SSSR count). The van der Waals surface area contributed by atoms with Crippen molar-refractivity contribution < 1.29 is 0 Å². The van der Waals surface area contributed by atoms with Crippen LogP contribution in [0, 0.1) is 18.3 Å². The van der Waals surface area contributed by atoms with E-state index < -0.39 is 0 Å². The molecule has 0 atom stereocenters. The zero-order valence-electron chi connectivity index (χ0n) is 13.5. The van der Waals surface area contributed by atoms with Crippen molar-refractivity contribution in [3.63, 3.8) is 0 Å². The highest BCUT2D eigenvalue weighted by Gasteiger charge is 2.23. The minimum atomic E-state index is -0.118. The number of allylic oxidation sites excluding steroid dienone is 1. The summed E-state index contributed by atoms with van der Waals surface area (Å²) in [6.45, 7) is 4.49. The summed E-state index contributed by atoms with van der Waals surface area (Å²) in [4.78, 5) is 16.5. The Hall–Kier alpha value is -3.26. The number of H-pyrrole nitrogens is 1. The molecule has 0 fully saturated rings. The molecule has 0 unspecified atom stereocenters. The first-order chi connectivity index (χ1) is 11.6. The zero-order valence-corrected chi connectivity index (χ0v) is 13.5. The van der Waals surface area contributed by atoms with Crippen molar-refractivity contribution in [3.8, 4) is 17.2 Å². The molecule has 118 valence electrons. The quantitative estimate of drug-likeness (QED) is 0.723. The van der Waals surface area contributed by atoms with Gasteiger partial charge in [-0.3, -0.25) is 4.79 Å². The van der Waals surface area contributed by atoms with E-state index in [1.165, 1.54) is 0 Å². The summed E-state index contributed by atoms with van der Waals surface area (Å²) in [5, 5.41) is 12.9. The van der Waals surface area contributed by atoms with Crippen LogP contribution in [0.5, 0.6) is 0 Å². The number of aromatic nitrogens is 2. The van der Waals surface area contributed by atoms with Crippen LogP contribution in [0.2, 0.25) is 0 Å². The fraction of sp³-hybridized carbons (Fsp3) is 0.158. The van der Waals surface area contributed by atoms with Gasteiger partial charge in [-0.15, -0.1) is 0 Å². The first-order valence-corrected chi connectivity index (χ1v) is 7.81. The van der Waals surface area contributed by atoms with E-state index in [4.69, 9.17) is 0 Å². The SMILES string of the molecule is CC1=CCNc2c1[nH]c1c(C#N)c(C)c(-c3ccccc3)c(=O)n21. The second-order valence-corrected chi connectivity index (χ2v) is 5.96. The molecular formula is C19H16N4O. The van der Waals surface area contributed by atoms with Crippen molar-refractivity contribution in [2.45, 2.75) is 13.8 Å². The Labute approximate surface area is 138 Å². The molecule has 0 spiro atoms. The number of imidazole rings is 1. The van der Waals surface area contributed by atoms with Crippen LogP contribution in [0.4, 0.5) is 5.82 Å². The van der Waals surface area contributed by atoms with Gasteiger partial charge in [0.15, 0.2) is 0 Å². The minimum absolute atomic E-state index is 0.118. The van der Waals surface area contributed by atoms with Gasteiger partial charge in [0.05, 0.1) is 16.8 Å². The first kappa shape index (κ1) is 14.3. The van der Waals surface area contributed by atoms with Gasteiger partial charge in [0, 0.05) is 6.54 Å². The number of nitriles is 1. The smallest absolute Gasteiger partial charge is 0.266 e. The summed E-state index contributed by atoms with van der Waals surface area (Å²) in [7, 11) is 0. The molecule has 2 aromatic heterocycles. The summed E-state index contributed by atoms with van der Waals surface area (Å²) in [6, 6.07) is 11.8. The Morgan fingerprint density at radius 1 is 1.21 bits per heavy atom. The van der Waals surface area contributed by atoms with Crippen LogP contribution in [-0.4, -0.2) is 15.9 Å². The van der Waals surface area contributed by atoms with E-state index in [1.54, 1.807) is 4.40 Å². The van der Waals surface area contributed by atoms with Gasteiger partial charge in [-0.25, -0.2) is 4.40 Å². The third-order valence-corrected chi connectivity index (χ3v) is 4.58. The number of anilines is 1. The fourth-order valence-corrected chi connectivity index (χ4v) is 3.35. The molecule has 0 saturated heterocycles. The standard InChI is InChI=1S/C19H16N4O/c1-11-8-9-21-18-16(11)22-17-14(10-20)12(2)15(19(24)23(17)18)13-6-4-3-5-7-13/h3-8,21-22H,9H2,1-2H3. The van der Waals surface area contributed by atoms with Crippen molar-refractivity contribution in [2.75, 3.05) is 11.9 Å². The van der Waals surface area contributed by atoms with Gasteiger partial charge in [-0.05, 0) is 30.5 Å². The Morgan fingerprint density at radius 3 is 2.67 bits per heavy atom. The number of benzene rings is 1. The average molecular weight is 316 g/mol. The predicted octanol–water partition coefficient (Wildman–Crippen LogP) is 3.30. The third kappa shape index (κ3) is 1.83. The highest BCUT2D eigenvalue weighted by atomic mass is 16.1. The van der Waals surface area contributed by atoms with Crippen LogP contribution in [0.15, 0.2) is 41.2 Å². The highest BCUT2D eigenvalue weighted by Crippen LogP contribution is 2.31. The molecule has 1 aliphatic heterocycles. The summed E-state index contributed by atoms with van der Waals surface area (Å²) in [5.74, 6) is 0.726. The maximum Gasteiger partial charge on any atom is 0.266 e. The van der Waals surface area contributed by atoms with Gasteiger partial charge in [0.2, 0.25) is 0 Å². The van der Waals surface area contributed by atoms with E-state index in [9.17, 15) is 10.1 Å². The van der Waals surface area contributed by atoms with Crippen molar-refractivity contribution in [3.05, 3.63) is 63.6 Å². The molecule has 0 amide bonds. The monoisotopic (exact) mass is 316 g/mol. The number of hydrogen-bond donors (Lipinski definition) is 2. The van der Waals surface area contributed by atoms with Gasteiger partial charge in [0.25, 0.3) is 5.56 Å². The van der Waals surface area contributed by atoms with E-state index in [2.05, 4.69) is 22.4 Å². The molecule has 5 nitrogen and oxygen atoms in total. The highest BCUT2D eigenvalue weighted by molar-refractivity contribution is 5.82. The van der Waals surface area contributed by atoms with Crippen LogP contribution in [0.1, 0.15) is 23.7 Å². The van der Waals surface area contributed by atoms with Gasteiger partial charge in [-0.1, -0.05) is 36.4 Å². The molecule has 1 aliphatic rings. The molecule has 2 N–H and O–H groups in total. The lowest BCUT2D eigenvalue weighted by atomic mass is 9.99. The largest absolute Gasteiger partial charge is 0.366 e. The Kier molecular flexibility index (Phi) is 3.07. The molecule has 24 heavy (non-hydrogen) atoms. The van der Waals surface area contributed by atoms with E-state index >= 15 is 0 Å². The number of aromatic amines is 1. The molecule has 0 aliphatic carbocycles. The number of fused-ring (bicyclic) bond motifs is 3. The lowest BCUT2D eigenvalue weighted by Crippen LogP contribution is -2.21. The van der Waals surface area contributed by atoms with Crippen LogP contribution in [-0.2, 0) is 0 Å². The minimum Gasteiger partial charge on any atom is -0.366 e. The zero-order chi connectivity index (χ0) is 16.8. The van der Waals surface area contributed by atoms with Crippen LogP contribution >= 0.6 is 0 Å². The maximum atomic E-state index is 13.2. The summed E-state index contributed by atoms with van der Waals surface area (Å²) in [6.07, 6.45) is 2.06. The van der Waals surface area contributed by atoms with E-state index in [1.807, 2.05) is 44.2 Å². The molecule has 0 radical (unpaired) electrons. The Morgan fingerprint density at radius 2 is 1.96 bits per heavy atom. The van der Waals surface area contributed by atoms with Gasteiger partial charge in [-0.2, -0.15) is 5.26 Å². The molecule has 5 heteroatoms. The van der Waals surface area contributed by atoms with Crippen LogP contribution < -0.4 is 10.9 Å². The normalized spacial score (nSPS) is 13.1. The van der Waals surface area contributed by atoms with Gasteiger partial charge < -0.3 is 10.3 Å². The summed E-state index contributed by atoms with van der Waals surface area (Å²) in [5.41, 5.74) is 4.95. The summed E-state index contributed by atoms with van der Waals surface area (Å²) < 4.78 is 1.60. The fourth-order valence-electron chi connectivity index (χ4n) is 3.35. The third-order valence-electron chi connectivity index (χ3n) is 4.58. The number of pyridine rings is 1. The number of rotatable bonds is 1. The van der Waals surface area contributed by atoms with E-state index in [0.29, 0.717) is 28.9 Å². The summed E-state index contributed by atoms with van der Waals surface area (Å²) >= 11 is 0.